The second-order valence-corrected chi connectivity index (χ2v) is 7.44. The van der Waals surface area contributed by atoms with Crippen LogP contribution in [0.2, 0.25) is 0 Å². The van der Waals surface area contributed by atoms with Gasteiger partial charge in [-0.15, -0.1) is 0 Å². The molecule has 5 nitrogen and oxygen atoms in total. The first-order chi connectivity index (χ1) is 9.30. The molecule has 2 rings (SSSR count). The molecule has 1 saturated carbocycles. The summed E-state index contributed by atoms with van der Waals surface area (Å²) in [6.45, 7) is 6.10. The number of sulfonamides is 1. The van der Waals surface area contributed by atoms with Crippen LogP contribution in [0.5, 0.6) is 5.75 Å². The summed E-state index contributed by atoms with van der Waals surface area (Å²) < 4.78 is 32.6. The van der Waals surface area contributed by atoms with Crippen molar-refractivity contribution in [3.05, 3.63) is 23.8 Å². The number of aliphatic hydroxyl groups excluding tert-OH is 1. The fourth-order valence-corrected chi connectivity index (χ4v) is 3.52. The fourth-order valence-electron chi connectivity index (χ4n) is 2.07. The zero-order valence-electron chi connectivity index (χ0n) is 12.0. The molecule has 6 heteroatoms. The van der Waals surface area contributed by atoms with E-state index in [2.05, 4.69) is 4.72 Å². The minimum Gasteiger partial charge on any atom is -0.494 e. The number of hydrogen-bond acceptors (Lipinski definition) is 4. The highest BCUT2D eigenvalue weighted by Gasteiger charge is 2.47. The summed E-state index contributed by atoms with van der Waals surface area (Å²) >= 11 is 0. The number of aliphatic hydroxyl groups is 1. The van der Waals surface area contributed by atoms with Crippen molar-refractivity contribution >= 4 is 10.0 Å². The molecule has 1 aromatic rings. The van der Waals surface area contributed by atoms with Crippen molar-refractivity contribution < 1.29 is 18.3 Å². The van der Waals surface area contributed by atoms with E-state index in [-0.39, 0.29) is 23.0 Å². The van der Waals surface area contributed by atoms with Crippen molar-refractivity contribution in [2.24, 2.45) is 5.41 Å². The number of benzene rings is 1. The number of ether oxygens (including phenoxy) is 1. The third-order valence-corrected chi connectivity index (χ3v) is 5.09. The van der Waals surface area contributed by atoms with Gasteiger partial charge in [-0.1, -0.05) is 13.8 Å². The lowest BCUT2D eigenvalue weighted by Gasteiger charge is -2.12. The highest BCUT2D eigenvalue weighted by Crippen LogP contribution is 2.45. The van der Waals surface area contributed by atoms with Gasteiger partial charge in [0.05, 0.1) is 18.1 Å². The molecule has 1 aliphatic rings. The lowest BCUT2D eigenvalue weighted by molar-refractivity contribution is 0.266. The molecule has 2 N–H and O–H groups in total. The van der Waals surface area contributed by atoms with Crippen molar-refractivity contribution in [3.8, 4) is 5.75 Å². The minimum atomic E-state index is -3.55. The molecule has 1 aliphatic carbocycles. The first-order valence-corrected chi connectivity index (χ1v) is 8.17. The van der Waals surface area contributed by atoms with Crippen LogP contribution in [0.4, 0.5) is 0 Å². The zero-order valence-corrected chi connectivity index (χ0v) is 12.8. The molecule has 0 saturated heterocycles. The molecule has 112 valence electrons. The van der Waals surface area contributed by atoms with E-state index in [4.69, 9.17) is 4.74 Å². The van der Waals surface area contributed by atoms with Crippen LogP contribution in [-0.4, -0.2) is 26.2 Å². The van der Waals surface area contributed by atoms with E-state index in [1.807, 2.05) is 20.8 Å². The lowest BCUT2D eigenvalue weighted by atomic mass is 10.2. The molecule has 1 unspecified atom stereocenters. The summed E-state index contributed by atoms with van der Waals surface area (Å²) in [7, 11) is -3.55. The lowest BCUT2D eigenvalue weighted by Crippen LogP contribution is -2.28. The summed E-state index contributed by atoms with van der Waals surface area (Å²) in [5, 5.41) is 9.32. The van der Waals surface area contributed by atoms with Crippen LogP contribution in [0.15, 0.2) is 23.1 Å². The van der Waals surface area contributed by atoms with Gasteiger partial charge in [-0.25, -0.2) is 13.1 Å². The van der Waals surface area contributed by atoms with Gasteiger partial charge < -0.3 is 9.84 Å². The fraction of sp³-hybridized carbons (Fsp3) is 0.571. The molecule has 1 aromatic carbocycles. The van der Waals surface area contributed by atoms with E-state index < -0.39 is 10.0 Å². The second-order valence-electron chi connectivity index (χ2n) is 5.73. The molecule has 1 fully saturated rings. The normalized spacial score (nSPS) is 20.7. The molecule has 0 aliphatic heterocycles. The van der Waals surface area contributed by atoms with E-state index in [1.165, 1.54) is 12.1 Å². The third-order valence-electron chi connectivity index (χ3n) is 3.62. The van der Waals surface area contributed by atoms with Crippen LogP contribution in [0.3, 0.4) is 0 Å². The summed E-state index contributed by atoms with van der Waals surface area (Å²) in [5.41, 5.74) is 0.503. The second kappa shape index (κ2) is 5.35. The minimum absolute atomic E-state index is 0.0170. The van der Waals surface area contributed by atoms with Gasteiger partial charge in [0.25, 0.3) is 0 Å². The highest BCUT2D eigenvalue weighted by molar-refractivity contribution is 7.89. The SMILES string of the molecule is CCOc1ccc(S(=O)(=O)NC2CC2(C)C)cc1CO. The predicted octanol–water partition coefficient (Wildman–Crippen LogP) is 1.65. The Kier molecular flexibility index (Phi) is 4.09. The van der Waals surface area contributed by atoms with E-state index >= 15 is 0 Å². The van der Waals surface area contributed by atoms with Crippen molar-refractivity contribution in [3.63, 3.8) is 0 Å². The molecule has 0 radical (unpaired) electrons. The molecule has 20 heavy (non-hydrogen) atoms. The van der Waals surface area contributed by atoms with Crippen LogP contribution in [-0.2, 0) is 16.6 Å². The average molecular weight is 299 g/mol. The standard InChI is InChI=1S/C14H21NO4S/c1-4-19-12-6-5-11(7-10(12)9-16)20(17,18)15-13-8-14(13,2)3/h5-7,13,15-16H,4,8-9H2,1-3H3. The van der Waals surface area contributed by atoms with E-state index in [9.17, 15) is 13.5 Å². The monoisotopic (exact) mass is 299 g/mol. The van der Waals surface area contributed by atoms with Crippen molar-refractivity contribution in [1.29, 1.82) is 0 Å². The van der Waals surface area contributed by atoms with Crippen molar-refractivity contribution in [1.82, 2.24) is 4.72 Å². The van der Waals surface area contributed by atoms with Crippen molar-refractivity contribution in [2.75, 3.05) is 6.61 Å². The number of rotatable bonds is 6. The first kappa shape index (κ1) is 15.3. The maximum Gasteiger partial charge on any atom is 0.240 e. The summed E-state index contributed by atoms with van der Waals surface area (Å²) in [5.74, 6) is 0.515. The van der Waals surface area contributed by atoms with Gasteiger partial charge in [-0.3, -0.25) is 0 Å². The van der Waals surface area contributed by atoms with Gasteiger partial charge in [0.1, 0.15) is 5.75 Å². The smallest absolute Gasteiger partial charge is 0.240 e. The predicted molar refractivity (Wildman–Crippen MR) is 76.0 cm³/mol. The first-order valence-electron chi connectivity index (χ1n) is 6.69. The van der Waals surface area contributed by atoms with Gasteiger partial charge in [-0.05, 0) is 37.0 Å². The van der Waals surface area contributed by atoms with E-state index in [0.29, 0.717) is 17.9 Å². The Morgan fingerprint density at radius 2 is 2.10 bits per heavy atom. The van der Waals surface area contributed by atoms with Crippen LogP contribution in [0.1, 0.15) is 32.8 Å². The third kappa shape index (κ3) is 3.13. The molecule has 0 heterocycles. The average Bonchev–Trinajstić information content (AvgIpc) is 2.96. The molecule has 0 spiro atoms. The van der Waals surface area contributed by atoms with Crippen LogP contribution < -0.4 is 9.46 Å². The van der Waals surface area contributed by atoms with Crippen LogP contribution >= 0.6 is 0 Å². The summed E-state index contributed by atoms with van der Waals surface area (Å²) in [6, 6.07) is 4.53. The topological polar surface area (TPSA) is 75.6 Å². The highest BCUT2D eigenvalue weighted by atomic mass is 32.2. The molecule has 1 atom stereocenters. The molecular formula is C14H21NO4S. The Morgan fingerprint density at radius 3 is 2.60 bits per heavy atom. The van der Waals surface area contributed by atoms with Gasteiger partial charge in [-0.2, -0.15) is 0 Å². The number of hydrogen-bond donors (Lipinski definition) is 2. The Labute approximate surface area is 120 Å². The Bertz CT molecular complexity index is 595. The Morgan fingerprint density at radius 1 is 1.45 bits per heavy atom. The van der Waals surface area contributed by atoms with Crippen LogP contribution in [0, 0.1) is 5.41 Å². The Balaban J connectivity index is 2.23. The zero-order chi connectivity index (χ0) is 15.0. The van der Waals surface area contributed by atoms with Crippen molar-refractivity contribution in [2.45, 2.75) is 44.7 Å². The maximum atomic E-state index is 12.3. The van der Waals surface area contributed by atoms with Gasteiger partial charge in [0, 0.05) is 11.6 Å². The molecule has 0 aromatic heterocycles. The van der Waals surface area contributed by atoms with Gasteiger partial charge in [0.2, 0.25) is 10.0 Å². The maximum absolute atomic E-state index is 12.3. The molecule has 0 amide bonds. The van der Waals surface area contributed by atoms with Gasteiger partial charge >= 0.3 is 0 Å². The largest absolute Gasteiger partial charge is 0.494 e. The summed E-state index contributed by atoms with van der Waals surface area (Å²) in [6.07, 6.45) is 0.843. The Hall–Kier alpha value is -1.11. The molecular weight excluding hydrogens is 278 g/mol. The van der Waals surface area contributed by atoms with Crippen LogP contribution in [0.25, 0.3) is 0 Å². The van der Waals surface area contributed by atoms with Gasteiger partial charge in [0.15, 0.2) is 0 Å². The van der Waals surface area contributed by atoms with E-state index in [0.717, 1.165) is 6.42 Å². The number of nitrogens with one attached hydrogen (secondary N) is 1. The molecule has 0 bridgehead atoms. The quantitative estimate of drug-likeness (QED) is 0.837. The van der Waals surface area contributed by atoms with E-state index in [1.54, 1.807) is 6.07 Å². The summed E-state index contributed by atoms with van der Waals surface area (Å²) in [4.78, 5) is 0.160.